The second-order valence-corrected chi connectivity index (χ2v) is 7.40. The number of benzene rings is 1. The molecule has 1 aromatic carbocycles. The van der Waals surface area contributed by atoms with Crippen molar-refractivity contribution in [2.45, 2.75) is 26.4 Å². The van der Waals surface area contributed by atoms with Crippen LogP contribution in [0.5, 0.6) is 0 Å². The maximum absolute atomic E-state index is 4.50. The Morgan fingerprint density at radius 3 is 2.48 bits per heavy atom. The van der Waals surface area contributed by atoms with Gasteiger partial charge in [-0.05, 0) is 38.6 Å². The molecule has 0 spiro atoms. The molecule has 2 heterocycles. The van der Waals surface area contributed by atoms with Crippen LogP contribution in [0.4, 0.5) is 5.69 Å². The molecule has 1 fully saturated rings. The second kappa shape index (κ2) is 7.43. The smallest absolute Gasteiger partial charge is 0.0897 e. The van der Waals surface area contributed by atoms with E-state index in [1.165, 1.54) is 11.3 Å². The van der Waals surface area contributed by atoms with E-state index in [2.05, 4.69) is 70.6 Å². The van der Waals surface area contributed by atoms with Gasteiger partial charge in [-0.2, -0.15) is 0 Å². The Labute approximate surface area is 143 Å². The molecule has 1 saturated heterocycles. The van der Waals surface area contributed by atoms with Gasteiger partial charge in [0.2, 0.25) is 0 Å². The van der Waals surface area contributed by atoms with Crippen molar-refractivity contribution < 1.29 is 0 Å². The van der Waals surface area contributed by atoms with E-state index < -0.39 is 0 Å². The average Bonchev–Trinajstić information content (AvgIpc) is 2.99. The number of piperazine rings is 1. The normalized spacial score (nSPS) is 17.4. The second-order valence-electron chi connectivity index (χ2n) is 6.34. The zero-order chi connectivity index (χ0) is 16.2. The quantitative estimate of drug-likeness (QED) is 0.913. The van der Waals surface area contributed by atoms with Crippen LogP contribution in [-0.4, -0.2) is 43.1 Å². The molecule has 1 N–H and O–H groups in total. The van der Waals surface area contributed by atoms with Gasteiger partial charge in [-0.15, -0.1) is 11.3 Å². The molecule has 1 atom stereocenters. The van der Waals surface area contributed by atoms with Gasteiger partial charge in [-0.25, -0.2) is 4.98 Å². The highest BCUT2D eigenvalue weighted by Gasteiger charge is 2.14. The third-order valence-corrected chi connectivity index (χ3v) is 5.34. The van der Waals surface area contributed by atoms with Crippen LogP contribution < -0.4 is 10.2 Å². The first-order valence-corrected chi connectivity index (χ1v) is 9.17. The molecule has 0 radical (unpaired) electrons. The van der Waals surface area contributed by atoms with Crippen LogP contribution in [0.25, 0.3) is 0 Å². The molecule has 0 amide bonds. The SMILES string of the molecule is Cc1nc(CNC(C)c2ccc(N3CCN(C)CC3)cc2)cs1. The summed E-state index contributed by atoms with van der Waals surface area (Å²) in [6, 6.07) is 9.34. The number of likely N-dealkylation sites (N-methyl/N-ethyl adjacent to an activating group) is 1. The summed E-state index contributed by atoms with van der Waals surface area (Å²) in [6.07, 6.45) is 0. The summed E-state index contributed by atoms with van der Waals surface area (Å²) in [5, 5.41) is 6.82. The van der Waals surface area contributed by atoms with Crippen LogP contribution >= 0.6 is 11.3 Å². The highest BCUT2D eigenvalue weighted by atomic mass is 32.1. The number of rotatable bonds is 5. The van der Waals surface area contributed by atoms with Gasteiger partial charge < -0.3 is 15.1 Å². The molecule has 5 heteroatoms. The first kappa shape index (κ1) is 16.4. The lowest BCUT2D eigenvalue weighted by Crippen LogP contribution is -2.44. The molecule has 1 aliphatic heterocycles. The van der Waals surface area contributed by atoms with Gasteiger partial charge in [0.05, 0.1) is 10.7 Å². The number of thiazole rings is 1. The van der Waals surface area contributed by atoms with Crippen molar-refractivity contribution in [1.82, 2.24) is 15.2 Å². The molecular weight excluding hydrogens is 304 g/mol. The van der Waals surface area contributed by atoms with E-state index in [0.29, 0.717) is 6.04 Å². The minimum Gasteiger partial charge on any atom is -0.369 e. The summed E-state index contributed by atoms with van der Waals surface area (Å²) in [5.41, 5.74) is 3.80. The fraction of sp³-hybridized carbons (Fsp3) is 0.500. The van der Waals surface area contributed by atoms with E-state index >= 15 is 0 Å². The Kier molecular flexibility index (Phi) is 5.30. The summed E-state index contributed by atoms with van der Waals surface area (Å²) in [6.45, 7) is 9.61. The minimum atomic E-state index is 0.332. The predicted molar refractivity (Wildman–Crippen MR) is 98.3 cm³/mol. The van der Waals surface area contributed by atoms with Crippen LogP contribution in [0.15, 0.2) is 29.6 Å². The molecular formula is C18H26N4S. The molecule has 124 valence electrons. The fourth-order valence-electron chi connectivity index (χ4n) is 2.90. The van der Waals surface area contributed by atoms with E-state index in [0.717, 1.165) is 43.4 Å². The summed E-state index contributed by atoms with van der Waals surface area (Å²) < 4.78 is 0. The molecule has 4 nitrogen and oxygen atoms in total. The van der Waals surface area contributed by atoms with Gasteiger partial charge in [0.1, 0.15) is 0 Å². The first-order chi connectivity index (χ1) is 11.1. The van der Waals surface area contributed by atoms with Gasteiger partial charge >= 0.3 is 0 Å². The van der Waals surface area contributed by atoms with E-state index in [4.69, 9.17) is 0 Å². The number of hydrogen-bond donors (Lipinski definition) is 1. The number of aryl methyl sites for hydroxylation is 1. The van der Waals surface area contributed by atoms with Gasteiger partial charge in [-0.1, -0.05) is 12.1 Å². The average molecular weight is 331 g/mol. The molecule has 0 aliphatic carbocycles. The summed E-state index contributed by atoms with van der Waals surface area (Å²) in [7, 11) is 2.19. The van der Waals surface area contributed by atoms with E-state index in [9.17, 15) is 0 Å². The van der Waals surface area contributed by atoms with Crippen molar-refractivity contribution in [1.29, 1.82) is 0 Å². The first-order valence-electron chi connectivity index (χ1n) is 8.29. The fourth-order valence-corrected chi connectivity index (χ4v) is 3.52. The lowest BCUT2D eigenvalue weighted by Gasteiger charge is -2.34. The molecule has 3 rings (SSSR count). The zero-order valence-corrected chi connectivity index (χ0v) is 15.1. The van der Waals surface area contributed by atoms with Crippen molar-refractivity contribution in [2.75, 3.05) is 38.1 Å². The van der Waals surface area contributed by atoms with Crippen molar-refractivity contribution >= 4 is 17.0 Å². The van der Waals surface area contributed by atoms with Crippen LogP contribution in [0.1, 0.15) is 29.2 Å². The Morgan fingerprint density at radius 2 is 1.87 bits per heavy atom. The Balaban J connectivity index is 1.55. The predicted octanol–water partition coefficient (Wildman–Crippen LogP) is 3.05. The Bertz CT molecular complexity index is 614. The Hall–Kier alpha value is -1.43. The van der Waals surface area contributed by atoms with Crippen molar-refractivity contribution in [3.05, 3.63) is 45.9 Å². The third kappa shape index (κ3) is 4.31. The lowest BCUT2D eigenvalue weighted by atomic mass is 10.1. The van der Waals surface area contributed by atoms with Gasteiger partial charge in [0, 0.05) is 49.8 Å². The van der Waals surface area contributed by atoms with Crippen LogP contribution in [0, 0.1) is 6.92 Å². The minimum absolute atomic E-state index is 0.332. The number of nitrogens with zero attached hydrogens (tertiary/aromatic N) is 3. The molecule has 23 heavy (non-hydrogen) atoms. The van der Waals surface area contributed by atoms with E-state index in [1.807, 2.05) is 0 Å². The third-order valence-electron chi connectivity index (χ3n) is 4.52. The molecule has 0 saturated carbocycles. The van der Waals surface area contributed by atoms with Crippen molar-refractivity contribution in [2.24, 2.45) is 0 Å². The molecule has 2 aromatic rings. The van der Waals surface area contributed by atoms with E-state index in [-0.39, 0.29) is 0 Å². The highest BCUT2D eigenvalue weighted by molar-refractivity contribution is 7.09. The highest BCUT2D eigenvalue weighted by Crippen LogP contribution is 2.20. The summed E-state index contributed by atoms with van der Waals surface area (Å²) >= 11 is 1.71. The van der Waals surface area contributed by atoms with Crippen LogP contribution in [-0.2, 0) is 6.54 Å². The van der Waals surface area contributed by atoms with Crippen molar-refractivity contribution in [3.8, 4) is 0 Å². The maximum atomic E-state index is 4.50. The molecule has 1 unspecified atom stereocenters. The van der Waals surface area contributed by atoms with Crippen molar-refractivity contribution in [3.63, 3.8) is 0 Å². The zero-order valence-electron chi connectivity index (χ0n) is 14.2. The molecule has 1 aromatic heterocycles. The van der Waals surface area contributed by atoms with Crippen LogP contribution in [0.3, 0.4) is 0 Å². The van der Waals surface area contributed by atoms with Gasteiger partial charge in [0.25, 0.3) is 0 Å². The largest absolute Gasteiger partial charge is 0.369 e. The summed E-state index contributed by atoms with van der Waals surface area (Å²) in [4.78, 5) is 9.36. The van der Waals surface area contributed by atoms with Crippen LogP contribution in [0.2, 0.25) is 0 Å². The monoisotopic (exact) mass is 330 g/mol. The molecule has 0 bridgehead atoms. The Morgan fingerprint density at radius 1 is 1.17 bits per heavy atom. The van der Waals surface area contributed by atoms with E-state index in [1.54, 1.807) is 11.3 Å². The summed E-state index contributed by atoms with van der Waals surface area (Å²) in [5.74, 6) is 0. The topological polar surface area (TPSA) is 31.4 Å². The van der Waals surface area contributed by atoms with Gasteiger partial charge in [-0.3, -0.25) is 0 Å². The number of aromatic nitrogens is 1. The number of anilines is 1. The maximum Gasteiger partial charge on any atom is 0.0897 e. The van der Waals surface area contributed by atoms with Gasteiger partial charge in [0.15, 0.2) is 0 Å². The standard InChI is InChI=1S/C18H26N4S/c1-14(19-12-17-13-23-15(2)20-17)16-4-6-18(7-5-16)22-10-8-21(3)9-11-22/h4-7,13-14,19H,8-12H2,1-3H3. The lowest BCUT2D eigenvalue weighted by molar-refractivity contribution is 0.313. The molecule has 1 aliphatic rings. The number of hydrogen-bond acceptors (Lipinski definition) is 5. The number of nitrogens with one attached hydrogen (secondary N) is 1.